The second kappa shape index (κ2) is 18.5. The fraction of sp³-hybridized carbons (Fsp3) is 0.533. The fourth-order valence-electron chi connectivity index (χ4n) is 1.40. The molecule has 0 unspecified atom stereocenters. The second-order valence-corrected chi connectivity index (χ2v) is 3.87. The maximum atomic E-state index is 9.17. The number of carbonyl (C=O) groups is 1. The quantitative estimate of drug-likeness (QED) is 0.610. The monoisotopic (exact) mass is 272 g/mol. The third-order valence-electron chi connectivity index (χ3n) is 2.33. The highest BCUT2D eigenvalue weighted by Crippen LogP contribution is 2.06. The standard InChI is InChI=1S/C12H18.C3H6O.ClHO/c1-2-3-4-6-9-12-10-7-5-8-11-12;1-2-3-4;1-2/h5,7-8,10-11H,2-4,6,9H2,1H3;3H,2H2,1H3;2H. The number of rotatable bonds is 6. The van der Waals surface area contributed by atoms with Crippen LogP contribution in [0.1, 0.15) is 51.5 Å². The van der Waals surface area contributed by atoms with Gasteiger partial charge in [-0.05, 0) is 18.4 Å². The van der Waals surface area contributed by atoms with Gasteiger partial charge < -0.3 is 4.79 Å². The minimum Gasteiger partial charge on any atom is -0.303 e. The summed E-state index contributed by atoms with van der Waals surface area (Å²) in [5, 5.41) is 0. The number of hydrogen-bond donors (Lipinski definition) is 1. The van der Waals surface area contributed by atoms with Gasteiger partial charge in [0.05, 0.1) is 11.9 Å². The van der Waals surface area contributed by atoms with Crippen LogP contribution in [0.3, 0.4) is 0 Å². The van der Waals surface area contributed by atoms with Crippen molar-refractivity contribution in [3.8, 4) is 0 Å². The van der Waals surface area contributed by atoms with E-state index in [1.54, 1.807) is 0 Å². The van der Waals surface area contributed by atoms with Gasteiger partial charge in [-0.3, -0.25) is 4.66 Å². The molecule has 0 aromatic heterocycles. The van der Waals surface area contributed by atoms with Gasteiger partial charge in [-0.2, -0.15) is 0 Å². The minimum atomic E-state index is 0.639. The maximum absolute atomic E-state index is 9.17. The van der Waals surface area contributed by atoms with Crippen LogP contribution in [0.15, 0.2) is 30.3 Å². The van der Waals surface area contributed by atoms with Gasteiger partial charge in [0.1, 0.15) is 6.29 Å². The molecule has 0 aliphatic rings. The topological polar surface area (TPSA) is 37.3 Å². The highest BCUT2D eigenvalue weighted by Gasteiger charge is 1.90. The number of hydrogen-bond acceptors (Lipinski definition) is 2. The van der Waals surface area contributed by atoms with E-state index in [0.29, 0.717) is 6.42 Å². The lowest BCUT2D eigenvalue weighted by Gasteiger charge is -1.99. The van der Waals surface area contributed by atoms with Crippen LogP contribution >= 0.6 is 11.9 Å². The van der Waals surface area contributed by atoms with E-state index in [2.05, 4.69) is 49.1 Å². The lowest BCUT2D eigenvalue weighted by Crippen LogP contribution is -1.84. The summed E-state index contributed by atoms with van der Waals surface area (Å²) < 4.78 is 6.47. The van der Waals surface area contributed by atoms with Gasteiger partial charge in [0.25, 0.3) is 0 Å². The van der Waals surface area contributed by atoms with Crippen molar-refractivity contribution in [1.29, 1.82) is 0 Å². The molecule has 0 saturated carbocycles. The SMILES string of the molecule is CCC=O.CCCCCCc1ccccc1.OCl. The van der Waals surface area contributed by atoms with Crippen LogP contribution < -0.4 is 0 Å². The largest absolute Gasteiger partial charge is 0.303 e. The van der Waals surface area contributed by atoms with Gasteiger partial charge in [-0.25, -0.2) is 0 Å². The molecule has 1 rings (SSSR count). The summed E-state index contributed by atoms with van der Waals surface area (Å²) in [7, 11) is 0. The smallest absolute Gasteiger partial charge is 0.119 e. The molecule has 3 heteroatoms. The van der Waals surface area contributed by atoms with Gasteiger partial charge in [-0.1, -0.05) is 63.4 Å². The van der Waals surface area contributed by atoms with Crippen LogP contribution in [-0.4, -0.2) is 10.9 Å². The normalized spacial score (nSPS) is 8.44. The maximum Gasteiger partial charge on any atom is 0.119 e. The molecule has 0 spiro atoms. The Morgan fingerprint density at radius 1 is 1.06 bits per heavy atom. The summed E-state index contributed by atoms with van der Waals surface area (Å²) in [4.78, 5) is 9.17. The Hall–Kier alpha value is -0.860. The molecule has 104 valence electrons. The molecule has 0 atom stereocenters. The van der Waals surface area contributed by atoms with E-state index >= 15 is 0 Å². The first-order chi connectivity index (χ1) is 8.85. The first-order valence-electron chi connectivity index (χ1n) is 6.49. The number of halogens is 1. The predicted octanol–water partition coefficient (Wildman–Crippen LogP) is 4.54. The van der Waals surface area contributed by atoms with Crippen molar-refractivity contribution >= 4 is 18.2 Å². The van der Waals surface area contributed by atoms with E-state index in [-0.39, 0.29) is 0 Å². The minimum absolute atomic E-state index is 0.639. The molecule has 0 bridgehead atoms. The summed E-state index contributed by atoms with van der Waals surface area (Å²) in [5.74, 6) is 0. The van der Waals surface area contributed by atoms with Crippen LogP contribution in [0.2, 0.25) is 0 Å². The average molecular weight is 273 g/mol. The number of benzene rings is 1. The van der Waals surface area contributed by atoms with Crippen LogP contribution in [0.25, 0.3) is 0 Å². The molecule has 18 heavy (non-hydrogen) atoms. The van der Waals surface area contributed by atoms with E-state index in [9.17, 15) is 4.79 Å². The van der Waals surface area contributed by atoms with E-state index in [4.69, 9.17) is 4.66 Å². The molecular weight excluding hydrogens is 248 g/mol. The number of aldehydes is 1. The Kier molecular flexibility index (Phi) is 20.0. The first-order valence-corrected chi connectivity index (χ1v) is 6.83. The van der Waals surface area contributed by atoms with Gasteiger partial charge >= 0.3 is 0 Å². The molecule has 0 fully saturated rings. The highest BCUT2D eigenvalue weighted by atomic mass is 35.5. The van der Waals surface area contributed by atoms with Crippen molar-refractivity contribution in [3.63, 3.8) is 0 Å². The Morgan fingerprint density at radius 3 is 2.06 bits per heavy atom. The third kappa shape index (κ3) is 15.1. The lowest BCUT2D eigenvalue weighted by molar-refractivity contribution is -0.107. The van der Waals surface area contributed by atoms with Crippen LogP contribution in [0.4, 0.5) is 0 Å². The van der Waals surface area contributed by atoms with Gasteiger partial charge in [-0.15, -0.1) is 0 Å². The van der Waals surface area contributed by atoms with Crippen molar-refractivity contribution < 1.29 is 9.45 Å². The van der Waals surface area contributed by atoms with Gasteiger partial charge in [0.2, 0.25) is 0 Å². The Labute approximate surface area is 116 Å². The molecule has 1 N–H and O–H groups in total. The van der Waals surface area contributed by atoms with E-state index < -0.39 is 0 Å². The summed E-state index contributed by atoms with van der Waals surface area (Å²) in [6.07, 6.45) is 8.20. The Bertz CT molecular complexity index is 250. The molecule has 1 aromatic carbocycles. The van der Waals surface area contributed by atoms with E-state index in [0.717, 1.165) is 6.29 Å². The van der Waals surface area contributed by atoms with Crippen molar-refractivity contribution in [2.24, 2.45) is 0 Å². The molecule has 0 radical (unpaired) electrons. The molecular formula is C15H25ClO2. The second-order valence-electron chi connectivity index (χ2n) is 3.87. The molecule has 1 aromatic rings. The fourth-order valence-corrected chi connectivity index (χ4v) is 1.40. The zero-order valence-electron chi connectivity index (χ0n) is 11.4. The van der Waals surface area contributed by atoms with Crippen molar-refractivity contribution in [3.05, 3.63) is 35.9 Å². The Balaban J connectivity index is 0. The van der Waals surface area contributed by atoms with E-state index in [1.165, 1.54) is 37.7 Å². The number of unbranched alkanes of at least 4 members (excludes halogenated alkanes) is 3. The van der Waals surface area contributed by atoms with Crippen molar-refractivity contribution in [2.45, 2.75) is 52.4 Å². The van der Waals surface area contributed by atoms with E-state index in [1.807, 2.05) is 6.92 Å². The zero-order valence-corrected chi connectivity index (χ0v) is 12.2. The van der Waals surface area contributed by atoms with Crippen LogP contribution in [0, 0.1) is 0 Å². The summed E-state index contributed by atoms with van der Waals surface area (Å²) in [6, 6.07) is 10.7. The molecule has 0 heterocycles. The lowest BCUT2D eigenvalue weighted by atomic mass is 10.1. The van der Waals surface area contributed by atoms with Crippen LogP contribution in [0.5, 0.6) is 0 Å². The summed E-state index contributed by atoms with van der Waals surface area (Å²) >= 11 is 3.64. The molecule has 0 saturated heterocycles. The number of aryl methyl sites for hydroxylation is 1. The molecule has 0 amide bonds. The van der Waals surface area contributed by atoms with Crippen molar-refractivity contribution in [1.82, 2.24) is 0 Å². The average Bonchev–Trinajstić information content (AvgIpc) is 2.47. The highest BCUT2D eigenvalue weighted by molar-refractivity contribution is 6.04. The van der Waals surface area contributed by atoms with Crippen molar-refractivity contribution in [2.75, 3.05) is 0 Å². The third-order valence-corrected chi connectivity index (χ3v) is 2.33. The predicted molar refractivity (Wildman–Crippen MR) is 78.7 cm³/mol. The zero-order chi connectivity index (χ0) is 14.1. The van der Waals surface area contributed by atoms with Crippen LogP contribution in [-0.2, 0) is 11.2 Å². The first kappa shape index (κ1) is 19.5. The summed E-state index contributed by atoms with van der Waals surface area (Å²) in [5.41, 5.74) is 1.48. The molecule has 0 aliphatic carbocycles. The molecule has 2 nitrogen and oxygen atoms in total. The van der Waals surface area contributed by atoms with Gasteiger partial charge in [0, 0.05) is 6.42 Å². The van der Waals surface area contributed by atoms with Gasteiger partial charge in [0.15, 0.2) is 0 Å². The summed E-state index contributed by atoms with van der Waals surface area (Å²) in [6.45, 7) is 4.06. The molecule has 0 aliphatic heterocycles. The Morgan fingerprint density at radius 2 is 1.61 bits per heavy atom. The number of carbonyl (C=O) groups excluding carboxylic acids is 1.